The predicted molar refractivity (Wildman–Crippen MR) is 124 cm³/mol. The largest absolute Gasteiger partial charge is 0.355 e. The molecule has 0 aromatic heterocycles. The maximum absolute atomic E-state index is 13.5. The van der Waals surface area contributed by atoms with Gasteiger partial charge in [-0.3, -0.25) is 9.59 Å². The summed E-state index contributed by atoms with van der Waals surface area (Å²) in [7, 11) is 0. The maximum atomic E-state index is 13.5. The molecule has 0 saturated carbocycles. The van der Waals surface area contributed by atoms with Gasteiger partial charge in [-0.1, -0.05) is 90.5 Å². The molecule has 3 aromatic carbocycles. The fraction of sp³-hybridized carbons (Fsp3) is 0.259. The number of aryl methyl sites for hydroxylation is 1. The van der Waals surface area contributed by atoms with Crippen LogP contribution in [0.5, 0.6) is 0 Å². The number of nitrogens with zero attached hydrogens (tertiary/aromatic N) is 1. The smallest absolute Gasteiger partial charge is 0.243 e. The summed E-state index contributed by atoms with van der Waals surface area (Å²) in [6.07, 6.45) is 0.733. The van der Waals surface area contributed by atoms with Crippen molar-refractivity contribution in [2.45, 2.75) is 39.3 Å². The lowest BCUT2D eigenvalue weighted by atomic mass is 10.0. The van der Waals surface area contributed by atoms with Gasteiger partial charge in [-0.15, -0.1) is 0 Å². The summed E-state index contributed by atoms with van der Waals surface area (Å²) in [6.45, 7) is 4.85. The van der Waals surface area contributed by atoms with E-state index in [0.717, 1.165) is 22.3 Å². The monoisotopic (exact) mass is 414 g/mol. The van der Waals surface area contributed by atoms with Gasteiger partial charge in [-0.25, -0.2) is 0 Å². The molecule has 3 rings (SSSR count). The van der Waals surface area contributed by atoms with Crippen molar-refractivity contribution in [2.24, 2.45) is 0 Å². The minimum absolute atomic E-state index is 0.0565. The average Bonchev–Trinajstić information content (AvgIpc) is 2.79. The molecule has 4 nitrogen and oxygen atoms in total. The lowest BCUT2D eigenvalue weighted by Gasteiger charge is -2.31. The highest BCUT2D eigenvalue weighted by Crippen LogP contribution is 2.17. The average molecular weight is 415 g/mol. The number of hydrogen-bond acceptors (Lipinski definition) is 2. The number of benzene rings is 3. The predicted octanol–water partition coefficient (Wildman–Crippen LogP) is 4.31. The van der Waals surface area contributed by atoms with Gasteiger partial charge < -0.3 is 10.2 Å². The topological polar surface area (TPSA) is 49.4 Å². The summed E-state index contributed by atoms with van der Waals surface area (Å²) in [5, 5.41) is 2.93. The van der Waals surface area contributed by atoms with Crippen molar-refractivity contribution in [3.05, 3.63) is 107 Å². The first-order valence-electron chi connectivity index (χ1n) is 10.8. The van der Waals surface area contributed by atoms with Gasteiger partial charge in [0.1, 0.15) is 6.04 Å². The quantitative estimate of drug-likeness (QED) is 0.567. The van der Waals surface area contributed by atoms with E-state index in [4.69, 9.17) is 0 Å². The molecule has 1 atom stereocenters. The molecular formula is C27H30N2O2. The minimum Gasteiger partial charge on any atom is -0.355 e. The molecule has 0 bridgehead atoms. The minimum atomic E-state index is -0.583. The Morgan fingerprint density at radius 3 is 1.97 bits per heavy atom. The van der Waals surface area contributed by atoms with Gasteiger partial charge in [-0.05, 0) is 30.5 Å². The number of likely N-dealkylation sites (N-methyl/N-ethyl adjacent to an activating group) is 1. The molecule has 0 spiro atoms. The number of hydrogen-bond donors (Lipinski definition) is 1. The van der Waals surface area contributed by atoms with Crippen LogP contribution in [-0.2, 0) is 29.0 Å². The van der Waals surface area contributed by atoms with Gasteiger partial charge in [0.25, 0.3) is 0 Å². The highest BCUT2D eigenvalue weighted by atomic mass is 16.2. The molecule has 0 fully saturated rings. The Morgan fingerprint density at radius 1 is 0.806 bits per heavy atom. The Labute approximate surface area is 184 Å². The van der Waals surface area contributed by atoms with Crippen LogP contribution in [0.1, 0.15) is 29.2 Å². The number of carbonyl (C=O) groups excluding carboxylic acids is 2. The van der Waals surface area contributed by atoms with Gasteiger partial charge in [0.2, 0.25) is 11.8 Å². The molecule has 0 heterocycles. The zero-order valence-corrected chi connectivity index (χ0v) is 18.3. The van der Waals surface area contributed by atoms with Crippen molar-refractivity contribution in [3.63, 3.8) is 0 Å². The first-order valence-corrected chi connectivity index (χ1v) is 10.8. The standard InChI is InChI=1S/C27H30N2O2/c1-3-28-27(31)25(18-22-10-6-4-7-11-22)29(20-24-16-14-21(2)15-17-24)26(30)19-23-12-8-5-9-13-23/h4-17,25H,3,18-20H2,1-2H3,(H,28,31)/t25-/m1/s1. The summed E-state index contributed by atoms with van der Waals surface area (Å²) in [5.74, 6) is -0.182. The van der Waals surface area contributed by atoms with Crippen molar-refractivity contribution >= 4 is 11.8 Å². The number of amides is 2. The Bertz CT molecular complexity index is 969. The van der Waals surface area contributed by atoms with Gasteiger partial charge >= 0.3 is 0 Å². The summed E-state index contributed by atoms with van der Waals surface area (Å²) in [5.41, 5.74) is 4.14. The van der Waals surface area contributed by atoms with Gasteiger partial charge in [-0.2, -0.15) is 0 Å². The van der Waals surface area contributed by atoms with E-state index in [9.17, 15) is 9.59 Å². The first kappa shape index (κ1) is 22.3. The summed E-state index contributed by atoms with van der Waals surface area (Å²) < 4.78 is 0. The third kappa shape index (κ3) is 6.54. The van der Waals surface area contributed by atoms with E-state index in [1.807, 2.05) is 98.8 Å². The van der Waals surface area contributed by atoms with Crippen LogP contribution in [0.15, 0.2) is 84.9 Å². The fourth-order valence-electron chi connectivity index (χ4n) is 3.61. The second-order valence-electron chi connectivity index (χ2n) is 7.77. The van der Waals surface area contributed by atoms with Crippen LogP contribution in [0.3, 0.4) is 0 Å². The SMILES string of the molecule is CCNC(=O)[C@@H](Cc1ccccc1)N(Cc1ccc(C)cc1)C(=O)Cc1ccccc1. The van der Waals surface area contributed by atoms with E-state index >= 15 is 0 Å². The third-order valence-corrected chi connectivity index (χ3v) is 5.29. The summed E-state index contributed by atoms with van der Waals surface area (Å²) in [6, 6.07) is 27.1. The molecule has 0 unspecified atom stereocenters. The maximum Gasteiger partial charge on any atom is 0.243 e. The molecule has 0 radical (unpaired) electrons. The molecule has 0 aliphatic carbocycles. The van der Waals surface area contributed by atoms with E-state index in [1.54, 1.807) is 4.90 Å². The van der Waals surface area contributed by atoms with Crippen LogP contribution >= 0.6 is 0 Å². The zero-order chi connectivity index (χ0) is 22.1. The molecule has 3 aromatic rings. The van der Waals surface area contributed by atoms with Crippen LogP contribution in [-0.4, -0.2) is 29.3 Å². The normalized spacial score (nSPS) is 11.5. The van der Waals surface area contributed by atoms with Crippen LogP contribution in [0.2, 0.25) is 0 Å². The number of carbonyl (C=O) groups is 2. The van der Waals surface area contributed by atoms with Crippen LogP contribution in [0, 0.1) is 6.92 Å². The molecule has 2 amide bonds. The third-order valence-electron chi connectivity index (χ3n) is 5.29. The van der Waals surface area contributed by atoms with E-state index in [1.165, 1.54) is 0 Å². The van der Waals surface area contributed by atoms with Crippen molar-refractivity contribution in [3.8, 4) is 0 Å². The first-order chi connectivity index (χ1) is 15.1. The van der Waals surface area contributed by atoms with Gasteiger partial charge in [0.15, 0.2) is 0 Å². The summed E-state index contributed by atoms with van der Waals surface area (Å²) in [4.78, 5) is 28.3. The fourth-order valence-corrected chi connectivity index (χ4v) is 3.61. The number of rotatable bonds is 9. The molecule has 1 N–H and O–H groups in total. The molecule has 31 heavy (non-hydrogen) atoms. The molecule has 0 saturated heterocycles. The van der Waals surface area contributed by atoms with E-state index < -0.39 is 6.04 Å². The highest BCUT2D eigenvalue weighted by molar-refractivity contribution is 5.88. The van der Waals surface area contributed by atoms with Crippen molar-refractivity contribution in [1.29, 1.82) is 0 Å². The molecule has 160 valence electrons. The van der Waals surface area contributed by atoms with Crippen LogP contribution < -0.4 is 5.32 Å². The molecule has 0 aliphatic rings. The van der Waals surface area contributed by atoms with Crippen molar-refractivity contribution in [2.75, 3.05) is 6.54 Å². The highest BCUT2D eigenvalue weighted by Gasteiger charge is 2.30. The second-order valence-corrected chi connectivity index (χ2v) is 7.77. The van der Waals surface area contributed by atoms with Crippen LogP contribution in [0.25, 0.3) is 0 Å². The lowest BCUT2D eigenvalue weighted by molar-refractivity contribution is -0.140. The number of nitrogens with one attached hydrogen (secondary N) is 1. The summed E-state index contributed by atoms with van der Waals surface area (Å²) >= 11 is 0. The molecule has 4 heteroatoms. The van der Waals surface area contributed by atoms with Gasteiger partial charge in [0, 0.05) is 19.5 Å². The Hall–Kier alpha value is -3.40. The van der Waals surface area contributed by atoms with Crippen molar-refractivity contribution in [1.82, 2.24) is 10.2 Å². The lowest BCUT2D eigenvalue weighted by Crippen LogP contribution is -2.50. The Balaban J connectivity index is 1.93. The molecular weight excluding hydrogens is 384 g/mol. The zero-order valence-electron chi connectivity index (χ0n) is 18.3. The van der Waals surface area contributed by atoms with E-state index in [-0.39, 0.29) is 18.2 Å². The van der Waals surface area contributed by atoms with Gasteiger partial charge in [0.05, 0.1) is 6.42 Å². The van der Waals surface area contributed by atoms with Crippen LogP contribution in [0.4, 0.5) is 0 Å². The Morgan fingerprint density at radius 2 is 1.39 bits per heavy atom. The Kier molecular flexibility index (Phi) is 7.99. The molecule has 0 aliphatic heterocycles. The van der Waals surface area contributed by atoms with Crippen molar-refractivity contribution < 1.29 is 9.59 Å². The van der Waals surface area contributed by atoms with E-state index in [0.29, 0.717) is 19.5 Å². The second kappa shape index (κ2) is 11.1. The van der Waals surface area contributed by atoms with E-state index in [2.05, 4.69) is 5.32 Å².